The zero-order valence-electron chi connectivity index (χ0n) is 14.3. The Morgan fingerprint density at radius 3 is 2.57 bits per heavy atom. The van der Waals surface area contributed by atoms with E-state index >= 15 is 0 Å². The number of alkyl halides is 4. The molecule has 0 saturated heterocycles. The number of anilines is 2. The molecule has 0 aliphatic rings. The maximum Gasteiger partial charge on any atom is 0.461 e. The fourth-order valence-electron chi connectivity index (χ4n) is 2.12. The first kappa shape index (κ1) is 20.9. The van der Waals surface area contributed by atoms with E-state index in [0.29, 0.717) is 0 Å². The maximum absolute atomic E-state index is 13.0. The molecule has 1 N–H and O–H groups in total. The lowest BCUT2D eigenvalue weighted by Gasteiger charge is -2.17. The van der Waals surface area contributed by atoms with Gasteiger partial charge in [-0.25, -0.2) is 4.79 Å². The van der Waals surface area contributed by atoms with Crippen LogP contribution >= 0.6 is 0 Å². The Morgan fingerprint density at radius 1 is 1.25 bits per heavy atom. The topological polar surface area (TPSA) is 90.7 Å². The number of carbonyl (C=O) groups is 1. The first-order valence-corrected chi connectivity index (χ1v) is 7.81. The molecule has 0 radical (unpaired) electrons. The van der Waals surface area contributed by atoms with Crippen LogP contribution in [0.5, 0.6) is 5.75 Å². The van der Waals surface area contributed by atoms with Gasteiger partial charge in [0.1, 0.15) is 11.4 Å². The normalized spacial score (nSPS) is 11.2. The van der Waals surface area contributed by atoms with Crippen LogP contribution in [0.1, 0.15) is 17.3 Å². The molecule has 0 fully saturated rings. The molecule has 2 aromatic rings. The number of nitro benzene ring substituents is 1. The summed E-state index contributed by atoms with van der Waals surface area (Å²) in [6, 6.07) is 8.09. The summed E-state index contributed by atoms with van der Waals surface area (Å²) in [4.78, 5) is 22.2. The lowest BCUT2D eigenvalue weighted by molar-refractivity contribution is -0.383. The molecule has 28 heavy (non-hydrogen) atoms. The van der Waals surface area contributed by atoms with E-state index in [0.717, 1.165) is 18.2 Å². The molecule has 0 aliphatic heterocycles. The van der Waals surface area contributed by atoms with Crippen molar-refractivity contribution in [2.45, 2.75) is 19.5 Å². The lowest BCUT2D eigenvalue weighted by Crippen LogP contribution is -2.33. The van der Waals surface area contributed by atoms with E-state index in [-0.39, 0.29) is 23.5 Å². The predicted octanol–water partition coefficient (Wildman–Crippen LogP) is 4.75. The summed E-state index contributed by atoms with van der Waals surface area (Å²) in [6.45, 7) is 1.66. The summed E-state index contributed by atoms with van der Waals surface area (Å²) in [5.74, 6) is -1.32. The molecule has 0 aromatic heterocycles. The van der Waals surface area contributed by atoms with Crippen molar-refractivity contribution in [3.63, 3.8) is 0 Å². The SMILES string of the molecule is CCOC(=O)c1ccc(Nc2cccc(OC(F)(F)C(F)F)c2)c([N+](=O)[O-])c1. The smallest absolute Gasteiger partial charge is 0.461 e. The monoisotopic (exact) mass is 402 g/mol. The molecular formula is C17H14F4N2O5. The number of hydrogen-bond donors (Lipinski definition) is 1. The molecule has 2 rings (SSSR count). The highest BCUT2D eigenvalue weighted by atomic mass is 19.3. The van der Waals surface area contributed by atoms with Gasteiger partial charge < -0.3 is 14.8 Å². The summed E-state index contributed by atoms with van der Waals surface area (Å²) in [5.41, 5.74) is -0.520. The Bertz CT molecular complexity index is 876. The third-order valence-corrected chi connectivity index (χ3v) is 3.33. The minimum absolute atomic E-state index is 0.0484. The molecule has 0 atom stereocenters. The number of nitro groups is 1. The molecule has 7 nitrogen and oxygen atoms in total. The predicted molar refractivity (Wildman–Crippen MR) is 90.4 cm³/mol. The molecule has 0 aliphatic carbocycles. The Kier molecular flexibility index (Phi) is 6.39. The number of esters is 1. The van der Waals surface area contributed by atoms with Gasteiger partial charge in [-0.1, -0.05) is 6.07 Å². The fraction of sp³-hybridized carbons (Fsp3) is 0.235. The number of nitrogens with one attached hydrogen (secondary N) is 1. The molecule has 0 unspecified atom stereocenters. The minimum atomic E-state index is -4.69. The molecule has 0 spiro atoms. The molecule has 2 aromatic carbocycles. The van der Waals surface area contributed by atoms with Gasteiger partial charge in [0.05, 0.1) is 17.1 Å². The number of rotatable bonds is 8. The highest BCUT2D eigenvalue weighted by molar-refractivity contribution is 5.91. The molecule has 0 saturated carbocycles. The van der Waals surface area contributed by atoms with Gasteiger partial charge >= 0.3 is 18.5 Å². The Balaban J connectivity index is 2.29. The molecule has 0 amide bonds. The Labute approximate surface area is 156 Å². The first-order chi connectivity index (χ1) is 13.1. The number of halogens is 4. The van der Waals surface area contributed by atoms with Gasteiger partial charge in [-0.3, -0.25) is 10.1 Å². The van der Waals surface area contributed by atoms with Crippen LogP contribution in [0.2, 0.25) is 0 Å². The average Bonchev–Trinajstić information content (AvgIpc) is 2.61. The number of hydrogen-bond acceptors (Lipinski definition) is 6. The maximum atomic E-state index is 13.0. The molecule has 150 valence electrons. The van der Waals surface area contributed by atoms with E-state index in [1.165, 1.54) is 24.3 Å². The van der Waals surface area contributed by atoms with E-state index in [1.807, 2.05) is 0 Å². The van der Waals surface area contributed by atoms with E-state index in [2.05, 4.69) is 10.1 Å². The summed E-state index contributed by atoms with van der Waals surface area (Å²) in [6.07, 6.45) is -8.72. The van der Waals surface area contributed by atoms with Crippen molar-refractivity contribution in [1.29, 1.82) is 0 Å². The van der Waals surface area contributed by atoms with Crippen LogP contribution in [-0.4, -0.2) is 30.0 Å². The number of carbonyl (C=O) groups excluding carboxylic acids is 1. The van der Waals surface area contributed by atoms with Crippen molar-refractivity contribution in [2.75, 3.05) is 11.9 Å². The number of benzene rings is 2. The van der Waals surface area contributed by atoms with Crippen LogP contribution in [0, 0.1) is 10.1 Å². The van der Waals surface area contributed by atoms with Crippen LogP contribution in [0.15, 0.2) is 42.5 Å². The summed E-state index contributed by atoms with van der Waals surface area (Å²) in [5, 5.41) is 13.9. The summed E-state index contributed by atoms with van der Waals surface area (Å²) >= 11 is 0. The van der Waals surface area contributed by atoms with E-state index in [9.17, 15) is 32.5 Å². The van der Waals surface area contributed by atoms with Crippen molar-refractivity contribution in [3.05, 3.63) is 58.1 Å². The standard InChI is InChI=1S/C17H14F4N2O5/c1-2-27-15(24)10-6-7-13(14(8-10)23(25)26)22-11-4-3-5-12(9-11)28-17(20,21)16(18)19/h3-9,16,22H,2H2,1H3. The van der Waals surface area contributed by atoms with Crippen molar-refractivity contribution < 1.29 is 36.8 Å². The van der Waals surface area contributed by atoms with Crippen LogP contribution in [0.4, 0.5) is 34.6 Å². The quantitative estimate of drug-likeness (QED) is 0.297. The first-order valence-electron chi connectivity index (χ1n) is 7.81. The van der Waals surface area contributed by atoms with Gasteiger partial charge in [0, 0.05) is 17.8 Å². The second-order valence-electron chi connectivity index (χ2n) is 5.33. The molecule has 11 heteroatoms. The minimum Gasteiger partial charge on any atom is -0.462 e. The summed E-state index contributed by atoms with van der Waals surface area (Å²) in [7, 11) is 0. The lowest BCUT2D eigenvalue weighted by atomic mass is 10.1. The van der Waals surface area contributed by atoms with E-state index in [4.69, 9.17) is 4.74 Å². The third kappa shape index (κ3) is 5.09. The third-order valence-electron chi connectivity index (χ3n) is 3.33. The number of ether oxygens (including phenoxy) is 2. The zero-order chi connectivity index (χ0) is 20.9. The Hall–Kier alpha value is -3.37. The summed E-state index contributed by atoms with van der Waals surface area (Å²) < 4.78 is 59.3. The fourth-order valence-corrected chi connectivity index (χ4v) is 2.12. The molecule has 0 bridgehead atoms. The average molecular weight is 402 g/mol. The van der Waals surface area contributed by atoms with Crippen molar-refractivity contribution >= 4 is 23.0 Å². The van der Waals surface area contributed by atoms with Crippen LogP contribution < -0.4 is 10.1 Å². The van der Waals surface area contributed by atoms with E-state index in [1.54, 1.807) is 6.92 Å². The van der Waals surface area contributed by atoms with Crippen LogP contribution in [0.3, 0.4) is 0 Å². The van der Waals surface area contributed by atoms with Gasteiger partial charge in [-0.15, -0.1) is 0 Å². The second-order valence-corrected chi connectivity index (χ2v) is 5.33. The number of nitrogens with zero attached hydrogens (tertiary/aromatic N) is 1. The highest BCUT2D eigenvalue weighted by Gasteiger charge is 2.44. The van der Waals surface area contributed by atoms with Gasteiger partial charge in [0.2, 0.25) is 0 Å². The van der Waals surface area contributed by atoms with Gasteiger partial charge in [-0.2, -0.15) is 17.6 Å². The van der Waals surface area contributed by atoms with Crippen molar-refractivity contribution in [3.8, 4) is 5.75 Å². The second kappa shape index (κ2) is 8.55. The van der Waals surface area contributed by atoms with Crippen LogP contribution in [-0.2, 0) is 4.74 Å². The molecular weight excluding hydrogens is 388 g/mol. The van der Waals surface area contributed by atoms with Crippen molar-refractivity contribution in [2.24, 2.45) is 0 Å². The zero-order valence-corrected chi connectivity index (χ0v) is 14.3. The highest BCUT2D eigenvalue weighted by Crippen LogP contribution is 2.32. The van der Waals surface area contributed by atoms with E-state index < -0.39 is 34.9 Å². The van der Waals surface area contributed by atoms with Gasteiger partial charge in [0.25, 0.3) is 5.69 Å². The molecule has 0 heterocycles. The largest absolute Gasteiger partial charge is 0.462 e. The van der Waals surface area contributed by atoms with Crippen LogP contribution in [0.25, 0.3) is 0 Å². The van der Waals surface area contributed by atoms with Crippen molar-refractivity contribution in [1.82, 2.24) is 0 Å². The Morgan fingerprint density at radius 2 is 1.96 bits per heavy atom. The van der Waals surface area contributed by atoms with Gasteiger partial charge in [-0.05, 0) is 31.2 Å². The van der Waals surface area contributed by atoms with Gasteiger partial charge in [0.15, 0.2) is 0 Å².